The highest BCUT2D eigenvalue weighted by Gasteiger charge is 1.95. The summed E-state index contributed by atoms with van der Waals surface area (Å²) in [5.74, 6) is 0. The van der Waals surface area contributed by atoms with Gasteiger partial charge in [0.05, 0.1) is 0 Å². The van der Waals surface area contributed by atoms with E-state index in [-0.39, 0.29) is 7.43 Å². The molecule has 0 amide bonds. The lowest BCUT2D eigenvalue weighted by molar-refractivity contribution is 0.469. The van der Waals surface area contributed by atoms with Crippen LogP contribution in [0.15, 0.2) is 0 Å². The van der Waals surface area contributed by atoms with E-state index in [2.05, 4.69) is 27.7 Å². The first-order valence-electron chi connectivity index (χ1n) is 3.49. The molecule has 0 aliphatic heterocycles. The van der Waals surface area contributed by atoms with E-state index in [1.54, 1.807) is 0 Å². The number of rotatable bonds is 0. The highest BCUT2D eigenvalue weighted by molar-refractivity contribution is 4.47. The Morgan fingerprint density at radius 1 is 1.00 bits per heavy atom. The smallest absolute Gasteiger partial charge is 0.00179 e. The molecule has 10 heavy (non-hydrogen) atoms. The van der Waals surface area contributed by atoms with Crippen LogP contribution in [0.2, 0.25) is 0 Å². The van der Waals surface area contributed by atoms with Gasteiger partial charge in [0, 0.05) is 0 Å². The Morgan fingerprint density at radius 2 is 1.00 bits per heavy atom. The van der Waals surface area contributed by atoms with Crippen molar-refractivity contribution in [1.29, 1.82) is 0 Å². The molecule has 0 radical (unpaired) electrons. The summed E-state index contributed by atoms with van der Waals surface area (Å²) in [5.41, 5.74) is 5.61. The van der Waals surface area contributed by atoms with E-state index in [0.29, 0.717) is 11.5 Å². The summed E-state index contributed by atoms with van der Waals surface area (Å²) in [5, 5.41) is 0. The summed E-state index contributed by atoms with van der Waals surface area (Å²) in [4.78, 5) is 0. The van der Waals surface area contributed by atoms with Crippen LogP contribution >= 0.6 is 0 Å². The van der Waals surface area contributed by atoms with Crippen LogP contribution < -0.4 is 5.73 Å². The van der Waals surface area contributed by atoms with Gasteiger partial charge in [0.15, 0.2) is 0 Å². The molecule has 0 aromatic carbocycles. The van der Waals surface area contributed by atoms with Gasteiger partial charge < -0.3 is 5.73 Å². The quantitative estimate of drug-likeness (QED) is 0.560. The number of hydrogen-bond acceptors (Lipinski definition) is 1. The molecule has 0 spiro atoms. The van der Waals surface area contributed by atoms with Gasteiger partial charge in [-0.05, 0) is 11.5 Å². The van der Waals surface area contributed by atoms with Crippen LogP contribution in [-0.2, 0) is 0 Å². The van der Waals surface area contributed by atoms with E-state index in [4.69, 9.17) is 5.73 Å². The van der Waals surface area contributed by atoms with Gasteiger partial charge in [-0.15, -0.1) is 0 Å². The van der Waals surface area contributed by atoms with E-state index < -0.39 is 0 Å². The van der Waals surface area contributed by atoms with Gasteiger partial charge >= 0.3 is 0 Å². The maximum atomic E-state index is 5.11. The molecule has 0 saturated carbocycles. The van der Waals surface area contributed by atoms with Crippen molar-refractivity contribution < 1.29 is 0 Å². The zero-order valence-electron chi connectivity index (χ0n) is 7.65. The molecular formula is C9H25N. The predicted molar refractivity (Wildman–Crippen MR) is 51.2 cm³/mol. The van der Waals surface area contributed by atoms with Gasteiger partial charge in [0.25, 0.3) is 0 Å². The fourth-order valence-electron chi connectivity index (χ4n) is 0. The maximum absolute atomic E-state index is 5.11. The van der Waals surface area contributed by atoms with E-state index in [9.17, 15) is 0 Å². The second kappa shape index (κ2) is 7.07. The van der Waals surface area contributed by atoms with Crippen LogP contribution in [0.1, 0.15) is 49.0 Å². The van der Waals surface area contributed by atoms with Gasteiger partial charge in [-0.2, -0.15) is 0 Å². The molecule has 0 aromatic heterocycles. The van der Waals surface area contributed by atoms with Gasteiger partial charge in [0.1, 0.15) is 0 Å². The van der Waals surface area contributed by atoms with Crippen molar-refractivity contribution in [3.8, 4) is 0 Å². The van der Waals surface area contributed by atoms with Crippen molar-refractivity contribution >= 4 is 0 Å². The lowest BCUT2D eigenvalue weighted by Gasteiger charge is -2.05. The second-order valence-corrected chi connectivity index (χ2v) is 4.24. The first-order valence-corrected chi connectivity index (χ1v) is 3.49. The largest absolute Gasteiger partial charge is 0.328 e. The van der Waals surface area contributed by atoms with Crippen LogP contribution in [0.5, 0.6) is 0 Å². The number of nitrogens with two attached hydrogens (primary N) is 1. The van der Waals surface area contributed by atoms with Crippen molar-refractivity contribution in [1.82, 2.24) is 0 Å². The summed E-state index contributed by atoms with van der Waals surface area (Å²) in [6, 6.07) is 0.333. The molecule has 2 N–H and O–H groups in total. The van der Waals surface area contributed by atoms with Gasteiger partial charge in [-0.1, -0.05) is 49.0 Å². The molecule has 0 fully saturated rings. The standard InChI is InChI=1S/C5H12.C3H9N.CH4/c1-5(2,3)4;1-3(2)4;/h1-4H3;3H,4H2,1-2H3;1H4. The fraction of sp³-hybridized carbons (Fsp3) is 1.00. The minimum atomic E-state index is 0. The maximum Gasteiger partial charge on any atom is -0.00179 e. The molecule has 1 heteroatoms. The van der Waals surface area contributed by atoms with Crippen LogP contribution in [0.3, 0.4) is 0 Å². The number of hydrogen-bond donors (Lipinski definition) is 1. The molecule has 0 aromatic rings. The van der Waals surface area contributed by atoms with E-state index in [1.807, 2.05) is 13.8 Å². The molecule has 0 heterocycles. The Balaban J connectivity index is -0.0000000910. The van der Waals surface area contributed by atoms with Crippen molar-refractivity contribution in [3.05, 3.63) is 0 Å². The molecule has 0 saturated heterocycles. The van der Waals surface area contributed by atoms with Crippen LogP contribution in [0, 0.1) is 5.41 Å². The SMILES string of the molecule is C.CC(C)(C)C.CC(C)N. The van der Waals surface area contributed by atoms with E-state index >= 15 is 0 Å². The zero-order chi connectivity index (χ0) is 8.08. The minimum absolute atomic E-state index is 0. The molecule has 1 nitrogen and oxygen atoms in total. The predicted octanol–water partition coefficient (Wildman–Crippen LogP) is 3.04. The topological polar surface area (TPSA) is 26.0 Å². The van der Waals surface area contributed by atoms with Crippen molar-refractivity contribution in [3.63, 3.8) is 0 Å². The molecule has 0 bridgehead atoms. The third kappa shape index (κ3) is 241000. The van der Waals surface area contributed by atoms with Crippen molar-refractivity contribution in [2.45, 2.75) is 55.0 Å². The Bertz CT molecular complexity index is 41.5. The molecule has 0 rings (SSSR count). The first kappa shape index (κ1) is 16.5. The van der Waals surface area contributed by atoms with Crippen molar-refractivity contribution in [2.75, 3.05) is 0 Å². The van der Waals surface area contributed by atoms with Crippen LogP contribution in [-0.4, -0.2) is 6.04 Å². The summed E-state index contributed by atoms with van der Waals surface area (Å²) in [7, 11) is 0. The van der Waals surface area contributed by atoms with Gasteiger partial charge in [0.2, 0.25) is 0 Å². The third-order valence-electron chi connectivity index (χ3n) is 0. The third-order valence-corrected chi connectivity index (χ3v) is 0. The molecule has 66 valence electrons. The summed E-state index contributed by atoms with van der Waals surface area (Å²) in [6.45, 7) is 12.6. The Labute approximate surface area is 67.0 Å². The van der Waals surface area contributed by atoms with Crippen LogP contribution in [0.25, 0.3) is 0 Å². The van der Waals surface area contributed by atoms with E-state index in [0.717, 1.165) is 0 Å². The second-order valence-electron chi connectivity index (χ2n) is 4.24. The average molecular weight is 147 g/mol. The summed E-state index contributed by atoms with van der Waals surface area (Å²) >= 11 is 0. The first-order chi connectivity index (χ1) is 3.73. The molecule has 0 atom stereocenters. The highest BCUT2D eigenvalue weighted by Crippen LogP contribution is 2.07. The van der Waals surface area contributed by atoms with Crippen molar-refractivity contribution in [2.24, 2.45) is 11.1 Å². The monoisotopic (exact) mass is 147 g/mol. The normalized spacial score (nSPS) is 9.60. The van der Waals surface area contributed by atoms with Crippen LogP contribution in [0.4, 0.5) is 0 Å². The molecule has 0 aliphatic carbocycles. The van der Waals surface area contributed by atoms with E-state index in [1.165, 1.54) is 0 Å². The summed E-state index contributed by atoms with van der Waals surface area (Å²) in [6.07, 6.45) is 0. The zero-order valence-corrected chi connectivity index (χ0v) is 7.65. The Hall–Kier alpha value is -0.0400. The van der Waals surface area contributed by atoms with Gasteiger partial charge in [-0.25, -0.2) is 0 Å². The Kier molecular flexibility index (Phi) is 11.7. The molecule has 0 unspecified atom stereocenters. The molecular weight excluding hydrogens is 122 g/mol. The fourth-order valence-corrected chi connectivity index (χ4v) is 0. The minimum Gasteiger partial charge on any atom is -0.328 e. The molecule has 0 aliphatic rings. The summed E-state index contributed by atoms with van der Waals surface area (Å²) < 4.78 is 0. The lowest BCUT2D eigenvalue weighted by Crippen LogP contribution is -2.06. The average Bonchev–Trinajstić information content (AvgIpc) is 1.19. The highest BCUT2D eigenvalue weighted by atomic mass is 14.6. The lowest BCUT2D eigenvalue weighted by atomic mass is 10.0. The van der Waals surface area contributed by atoms with Gasteiger partial charge in [-0.3, -0.25) is 0 Å². The Morgan fingerprint density at radius 3 is 1.00 bits per heavy atom.